The second-order valence-electron chi connectivity index (χ2n) is 4.45. The summed E-state index contributed by atoms with van der Waals surface area (Å²) in [6, 6.07) is 10.1. The average molecular weight is 282 g/mol. The van der Waals surface area contributed by atoms with E-state index in [1.54, 1.807) is 24.6 Å². The number of hydrogen-bond donors (Lipinski definition) is 0. The monoisotopic (exact) mass is 282 g/mol. The van der Waals surface area contributed by atoms with Crippen LogP contribution in [0.15, 0.2) is 48.2 Å². The van der Waals surface area contributed by atoms with Crippen LogP contribution in [0, 0.1) is 6.92 Å². The molecule has 0 saturated heterocycles. The SMILES string of the molecule is COc1ccc(-c2scnc2-c2cnccc2C)cc1. The van der Waals surface area contributed by atoms with Crippen LogP contribution >= 0.6 is 11.3 Å². The Morgan fingerprint density at radius 2 is 1.90 bits per heavy atom. The molecule has 2 heterocycles. The molecule has 3 aromatic rings. The van der Waals surface area contributed by atoms with Crippen LogP contribution in [0.5, 0.6) is 5.75 Å². The first kappa shape index (κ1) is 12.8. The summed E-state index contributed by atoms with van der Waals surface area (Å²) < 4.78 is 5.20. The van der Waals surface area contributed by atoms with E-state index in [2.05, 4.69) is 29.0 Å². The maximum absolute atomic E-state index is 5.20. The molecule has 0 atom stereocenters. The Hall–Kier alpha value is -2.20. The van der Waals surface area contributed by atoms with Gasteiger partial charge < -0.3 is 4.74 Å². The van der Waals surface area contributed by atoms with Crippen LogP contribution in [0.2, 0.25) is 0 Å². The summed E-state index contributed by atoms with van der Waals surface area (Å²) >= 11 is 1.64. The van der Waals surface area contributed by atoms with Gasteiger partial charge in [0.1, 0.15) is 5.75 Å². The first-order valence-corrected chi connectivity index (χ1v) is 7.16. The molecule has 0 spiro atoms. The maximum Gasteiger partial charge on any atom is 0.118 e. The highest BCUT2D eigenvalue weighted by Gasteiger charge is 2.12. The van der Waals surface area contributed by atoms with Crippen LogP contribution in [0.3, 0.4) is 0 Å². The fourth-order valence-electron chi connectivity index (χ4n) is 2.10. The van der Waals surface area contributed by atoms with E-state index in [0.717, 1.165) is 27.4 Å². The Kier molecular flexibility index (Phi) is 3.48. The molecule has 0 unspecified atom stereocenters. The number of methoxy groups -OCH3 is 1. The van der Waals surface area contributed by atoms with Crippen molar-refractivity contribution in [2.24, 2.45) is 0 Å². The molecule has 0 fully saturated rings. The van der Waals surface area contributed by atoms with Crippen LogP contribution in [0.4, 0.5) is 0 Å². The van der Waals surface area contributed by atoms with E-state index in [-0.39, 0.29) is 0 Å². The molecule has 4 heteroatoms. The smallest absolute Gasteiger partial charge is 0.118 e. The van der Waals surface area contributed by atoms with Crippen molar-refractivity contribution < 1.29 is 4.74 Å². The number of ether oxygens (including phenoxy) is 1. The van der Waals surface area contributed by atoms with Crippen molar-refractivity contribution >= 4 is 11.3 Å². The highest BCUT2D eigenvalue weighted by molar-refractivity contribution is 7.13. The second-order valence-corrected chi connectivity index (χ2v) is 5.30. The number of aromatic nitrogens is 2. The van der Waals surface area contributed by atoms with Gasteiger partial charge in [-0.1, -0.05) is 0 Å². The lowest BCUT2D eigenvalue weighted by Crippen LogP contribution is -1.87. The quantitative estimate of drug-likeness (QED) is 0.722. The molecule has 0 saturated carbocycles. The van der Waals surface area contributed by atoms with Crippen molar-refractivity contribution in [3.8, 4) is 27.4 Å². The summed E-state index contributed by atoms with van der Waals surface area (Å²) in [5, 5.41) is 0. The van der Waals surface area contributed by atoms with E-state index in [1.165, 1.54) is 5.56 Å². The molecular formula is C16H14N2OS. The highest BCUT2D eigenvalue weighted by atomic mass is 32.1. The van der Waals surface area contributed by atoms with Crippen molar-refractivity contribution in [2.45, 2.75) is 6.92 Å². The van der Waals surface area contributed by atoms with E-state index in [1.807, 2.05) is 29.9 Å². The normalized spacial score (nSPS) is 10.5. The number of rotatable bonds is 3. The summed E-state index contributed by atoms with van der Waals surface area (Å²) in [5.41, 5.74) is 6.28. The lowest BCUT2D eigenvalue weighted by Gasteiger charge is -2.06. The molecule has 0 bridgehead atoms. The van der Waals surface area contributed by atoms with Gasteiger partial charge >= 0.3 is 0 Å². The fraction of sp³-hybridized carbons (Fsp3) is 0.125. The zero-order chi connectivity index (χ0) is 13.9. The minimum atomic E-state index is 0.859. The topological polar surface area (TPSA) is 35.0 Å². The number of benzene rings is 1. The van der Waals surface area contributed by atoms with Crippen LogP contribution in [-0.4, -0.2) is 17.1 Å². The zero-order valence-electron chi connectivity index (χ0n) is 11.3. The molecule has 0 N–H and O–H groups in total. The summed E-state index contributed by atoms with van der Waals surface area (Å²) in [6.07, 6.45) is 3.68. The molecule has 2 aromatic heterocycles. The Bertz CT molecular complexity index is 719. The second kappa shape index (κ2) is 5.43. The third kappa shape index (κ3) is 2.30. The van der Waals surface area contributed by atoms with Crippen LogP contribution in [0.1, 0.15) is 5.56 Å². The molecule has 0 amide bonds. The van der Waals surface area contributed by atoms with Crippen molar-refractivity contribution in [1.29, 1.82) is 0 Å². The Labute approximate surface area is 121 Å². The minimum absolute atomic E-state index is 0.859. The van der Waals surface area contributed by atoms with Gasteiger partial charge in [-0.25, -0.2) is 4.98 Å². The molecular weight excluding hydrogens is 268 g/mol. The fourth-order valence-corrected chi connectivity index (χ4v) is 2.91. The Morgan fingerprint density at radius 1 is 1.10 bits per heavy atom. The van der Waals surface area contributed by atoms with Gasteiger partial charge in [0.15, 0.2) is 0 Å². The largest absolute Gasteiger partial charge is 0.497 e. The van der Waals surface area contributed by atoms with Crippen LogP contribution < -0.4 is 4.74 Å². The summed E-state index contributed by atoms with van der Waals surface area (Å²) in [6.45, 7) is 2.08. The molecule has 1 aromatic carbocycles. The van der Waals surface area contributed by atoms with E-state index in [4.69, 9.17) is 4.74 Å². The predicted octanol–water partition coefficient (Wildman–Crippen LogP) is 4.19. The van der Waals surface area contributed by atoms with Gasteiger partial charge in [0.05, 0.1) is 23.2 Å². The highest BCUT2D eigenvalue weighted by Crippen LogP contribution is 2.36. The van der Waals surface area contributed by atoms with Crippen molar-refractivity contribution in [3.63, 3.8) is 0 Å². The van der Waals surface area contributed by atoms with Crippen LogP contribution in [-0.2, 0) is 0 Å². The number of thiazole rings is 1. The molecule has 0 radical (unpaired) electrons. The van der Waals surface area contributed by atoms with E-state index < -0.39 is 0 Å². The molecule has 20 heavy (non-hydrogen) atoms. The van der Waals surface area contributed by atoms with Gasteiger partial charge in [-0.15, -0.1) is 11.3 Å². The number of hydrogen-bond acceptors (Lipinski definition) is 4. The van der Waals surface area contributed by atoms with E-state index >= 15 is 0 Å². The third-order valence-corrected chi connectivity index (χ3v) is 4.09. The summed E-state index contributed by atoms with van der Waals surface area (Å²) in [4.78, 5) is 9.88. The van der Waals surface area contributed by atoms with Gasteiger partial charge in [-0.05, 0) is 48.4 Å². The molecule has 0 aliphatic rings. The molecule has 100 valence electrons. The Morgan fingerprint density at radius 3 is 2.60 bits per heavy atom. The van der Waals surface area contributed by atoms with Crippen molar-refractivity contribution in [1.82, 2.24) is 9.97 Å². The minimum Gasteiger partial charge on any atom is -0.497 e. The lowest BCUT2D eigenvalue weighted by molar-refractivity contribution is 0.415. The lowest BCUT2D eigenvalue weighted by atomic mass is 10.0. The molecule has 3 nitrogen and oxygen atoms in total. The number of aryl methyl sites for hydroxylation is 1. The van der Waals surface area contributed by atoms with Crippen molar-refractivity contribution in [2.75, 3.05) is 7.11 Å². The summed E-state index contributed by atoms with van der Waals surface area (Å²) in [5.74, 6) is 0.859. The van der Waals surface area contributed by atoms with Gasteiger partial charge in [-0.3, -0.25) is 4.98 Å². The van der Waals surface area contributed by atoms with Gasteiger partial charge in [0.2, 0.25) is 0 Å². The first-order chi connectivity index (χ1) is 9.79. The van der Waals surface area contributed by atoms with Crippen LogP contribution in [0.25, 0.3) is 21.7 Å². The third-order valence-electron chi connectivity index (χ3n) is 3.21. The van der Waals surface area contributed by atoms with E-state index in [0.29, 0.717) is 0 Å². The van der Waals surface area contributed by atoms with Gasteiger partial charge in [0, 0.05) is 18.0 Å². The van der Waals surface area contributed by atoms with Crippen molar-refractivity contribution in [3.05, 3.63) is 53.8 Å². The number of nitrogens with zero attached hydrogens (tertiary/aromatic N) is 2. The van der Waals surface area contributed by atoms with Gasteiger partial charge in [0.25, 0.3) is 0 Å². The average Bonchev–Trinajstić information content (AvgIpc) is 2.97. The van der Waals surface area contributed by atoms with Gasteiger partial charge in [-0.2, -0.15) is 0 Å². The molecule has 0 aliphatic carbocycles. The predicted molar refractivity (Wildman–Crippen MR) is 82.1 cm³/mol. The number of pyridine rings is 1. The molecule has 3 rings (SSSR count). The maximum atomic E-state index is 5.20. The zero-order valence-corrected chi connectivity index (χ0v) is 12.1. The first-order valence-electron chi connectivity index (χ1n) is 6.28. The standard InChI is InChI=1S/C16H14N2OS/c1-11-7-8-17-9-14(11)15-16(20-10-18-15)12-3-5-13(19-2)6-4-12/h3-10H,1-2H3. The van der Waals surface area contributed by atoms with E-state index in [9.17, 15) is 0 Å². The molecule has 0 aliphatic heterocycles. The summed E-state index contributed by atoms with van der Waals surface area (Å²) in [7, 11) is 1.67. The Balaban J connectivity index is 2.08.